The summed E-state index contributed by atoms with van der Waals surface area (Å²) in [4.78, 5) is 5.69. The molecule has 0 radical (unpaired) electrons. The lowest BCUT2D eigenvalue weighted by Gasteiger charge is -2.26. The molecule has 0 aliphatic carbocycles. The van der Waals surface area contributed by atoms with E-state index in [9.17, 15) is 8.42 Å². The third-order valence-corrected chi connectivity index (χ3v) is 9.30. The predicted molar refractivity (Wildman–Crippen MR) is 138 cm³/mol. The van der Waals surface area contributed by atoms with E-state index < -0.39 is 9.84 Å². The summed E-state index contributed by atoms with van der Waals surface area (Å²) in [6, 6.07) is 10.8. The van der Waals surface area contributed by atoms with Gasteiger partial charge in [0, 0.05) is 24.2 Å². The van der Waals surface area contributed by atoms with E-state index in [1.807, 2.05) is 18.2 Å². The van der Waals surface area contributed by atoms with Crippen LogP contribution in [0.25, 0.3) is 11.1 Å². The molecule has 0 spiro atoms. The maximum atomic E-state index is 13.2. The highest BCUT2D eigenvalue weighted by Crippen LogP contribution is 2.45. The van der Waals surface area contributed by atoms with Gasteiger partial charge in [0.05, 0.1) is 23.0 Å². The molecule has 3 aliphatic rings. The van der Waals surface area contributed by atoms with Crippen molar-refractivity contribution in [3.8, 4) is 22.6 Å². The van der Waals surface area contributed by atoms with Crippen molar-refractivity contribution >= 4 is 9.84 Å². The molecule has 2 aromatic rings. The van der Waals surface area contributed by atoms with Crippen molar-refractivity contribution in [2.45, 2.75) is 61.2 Å². The van der Waals surface area contributed by atoms with Crippen molar-refractivity contribution in [2.75, 3.05) is 52.5 Å². The number of fused-ring (bicyclic) bond motifs is 3. The number of rotatable bonds is 10. The SMILES string of the molecule is O=S1(=O)c2ccc(OCCCN3CCCCC3)cc2-c2ccc(OCCCN3CCCCC3)cc21. The maximum absolute atomic E-state index is 13.2. The third kappa shape index (κ3) is 5.84. The summed E-state index contributed by atoms with van der Waals surface area (Å²) in [5, 5.41) is 0. The van der Waals surface area contributed by atoms with Gasteiger partial charge < -0.3 is 19.3 Å². The van der Waals surface area contributed by atoms with Crippen LogP contribution >= 0.6 is 0 Å². The fourth-order valence-electron chi connectivity index (χ4n) is 5.52. The monoisotopic (exact) mass is 498 g/mol. The molecule has 0 amide bonds. The largest absolute Gasteiger partial charge is 0.494 e. The van der Waals surface area contributed by atoms with E-state index in [0.717, 1.165) is 42.8 Å². The van der Waals surface area contributed by atoms with Crippen LogP contribution in [0.4, 0.5) is 0 Å². The van der Waals surface area contributed by atoms with Crippen LogP contribution in [0.2, 0.25) is 0 Å². The molecule has 7 heteroatoms. The van der Waals surface area contributed by atoms with Gasteiger partial charge in [-0.3, -0.25) is 0 Å². The molecule has 2 fully saturated rings. The second kappa shape index (κ2) is 11.3. The standard InChI is InChI=1S/C28H38N2O4S/c31-35(32)27-12-10-23(33-19-7-17-29-13-3-1-4-14-29)21-26(27)25-11-9-24(22-28(25)35)34-20-8-18-30-15-5-2-6-16-30/h9-12,21-22H,1-8,13-20H2. The average molecular weight is 499 g/mol. The van der Waals surface area contributed by atoms with E-state index >= 15 is 0 Å². The third-order valence-electron chi connectivity index (χ3n) is 7.45. The van der Waals surface area contributed by atoms with Gasteiger partial charge in [0.15, 0.2) is 0 Å². The Labute approximate surface area is 210 Å². The van der Waals surface area contributed by atoms with E-state index in [4.69, 9.17) is 9.47 Å². The number of sulfone groups is 1. The van der Waals surface area contributed by atoms with Crippen LogP contribution in [0, 0.1) is 0 Å². The minimum atomic E-state index is -3.54. The minimum absolute atomic E-state index is 0.336. The van der Waals surface area contributed by atoms with Gasteiger partial charge in [-0.15, -0.1) is 0 Å². The number of likely N-dealkylation sites (tertiary alicyclic amines) is 2. The molecule has 0 unspecified atom stereocenters. The lowest BCUT2D eigenvalue weighted by atomic mass is 10.1. The second-order valence-corrected chi connectivity index (χ2v) is 11.9. The van der Waals surface area contributed by atoms with E-state index in [0.29, 0.717) is 28.8 Å². The highest BCUT2D eigenvalue weighted by atomic mass is 32.2. The Balaban J connectivity index is 1.18. The first kappa shape index (κ1) is 24.6. The number of piperidine rings is 2. The fourth-order valence-corrected chi connectivity index (χ4v) is 7.20. The zero-order valence-corrected chi connectivity index (χ0v) is 21.5. The Bertz CT molecular complexity index is 1110. The highest BCUT2D eigenvalue weighted by molar-refractivity contribution is 7.92. The summed E-state index contributed by atoms with van der Waals surface area (Å²) in [6.45, 7) is 8.07. The zero-order chi connectivity index (χ0) is 24.1. The van der Waals surface area contributed by atoms with Gasteiger partial charge in [-0.1, -0.05) is 12.8 Å². The molecule has 3 aliphatic heterocycles. The minimum Gasteiger partial charge on any atom is -0.494 e. The first-order valence-corrected chi connectivity index (χ1v) is 14.8. The van der Waals surface area contributed by atoms with Crippen LogP contribution in [-0.2, 0) is 9.84 Å². The molecule has 0 bridgehead atoms. The van der Waals surface area contributed by atoms with Gasteiger partial charge in [0.1, 0.15) is 11.5 Å². The lowest BCUT2D eigenvalue weighted by molar-refractivity contribution is 0.205. The van der Waals surface area contributed by atoms with E-state index in [1.165, 1.54) is 64.7 Å². The van der Waals surface area contributed by atoms with Gasteiger partial charge >= 0.3 is 0 Å². The summed E-state index contributed by atoms with van der Waals surface area (Å²) < 4.78 is 38.3. The number of hydrogen-bond donors (Lipinski definition) is 0. The molecule has 0 atom stereocenters. The molecule has 0 aromatic heterocycles. The maximum Gasteiger partial charge on any atom is 0.207 e. The van der Waals surface area contributed by atoms with E-state index in [2.05, 4.69) is 9.80 Å². The summed E-state index contributed by atoms with van der Waals surface area (Å²) in [6.07, 6.45) is 9.78. The molecule has 35 heavy (non-hydrogen) atoms. The fraction of sp³-hybridized carbons (Fsp3) is 0.571. The first-order chi connectivity index (χ1) is 17.1. The number of ether oxygens (including phenoxy) is 2. The molecule has 2 aromatic carbocycles. The number of hydrogen-bond acceptors (Lipinski definition) is 6. The number of benzene rings is 2. The summed E-state index contributed by atoms with van der Waals surface area (Å²) in [5.74, 6) is 1.34. The van der Waals surface area contributed by atoms with Gasteiger partial charge in [-0.2, -0.15) is 0 Å². The molecule has 6 nitrogen and oxygen atoms in total. The molecule has 0 saturated carbocycles. The van der Waals surface area contributed by atoms with Crippen LogP contribution < -0.4 is 9.47 Å². The van der Waals surface area contributed by atoms with Crippen molar-refractivity contribution in [1.82, 2.24) is 9.80 Å². The van der Waals surface area contributed by atoms with Crippen molar-refractivity contribution in [3.63, 3.8) is 0 Å². The summed E-state index contributed by atoms with van der Waals surface area (Å²) >= 11 is 0. The lowest BCUT2D eigenvalue weighted by Crippen LogP contribution is -2.31. The molecule has 2 saturated heterocycles. The quantitative estimate of drug-likeness (QED) is 0.366. The van der Waals surface area contributed by atoms with Gasteiger partial charge in [-0.25, -0.2) is 8.42 Å². The van der Waals surface area contributed by atoms with Crippen LogP contribution in [0.1, 0.15) is 51.4 Å². The van der Waals surface area contributed by atoms with Crippen LogP contribution in [0.3, 0.4) is 0 Å². The Morgan fingerprint density at radius 3 is 1.77 bits per heavy atom. The highest BCUT2D eigenvalue weighted by Gasteiger charge is 2.33. The van der Waals surface area contributed by atoms with Gasteiger partial charge in [-0.05, 0) is 101 Å². The second-order valence-electron chi connectivity index (χ2n) is 10.0. The van der Waals surface area contributed by atoms with Gasteiger partial charge in [0.25, 0.3) is 0 Å². The molecular weight excluding hydrogens is 460 g/mol. The Morgan fingerprint density at radius 1 is 0.629 bits per heavy atom. The molecule has 3 heterocycles. The van der Waals surface area contributed by atoms with E-state index in [1.54, 1.807) is 18.2 Å². The average Bonchev–Trinajstić information content (AvgIpc) is 3.11. The summed E-state index contributed by atoms with van der Waals surface area (Å²) in [7, 11) is -3.54. The van der Waals surface area contributed by atoms with Gasteiger partial charge in [0.2, 0.25) is 9.84 Å². The predicted octanol–water partition coefficient (Wildman–Crippen LogP) is 5.01. The molecular formula is C28H38N2O4S. The zero-order valence-electron chi connectivity index (χ0n) is 20.7. The van der Waals surface area contributed by atoms with Crippen LogP contribution in [-0.4, -0.2) is 70.7 Å². The normalized spacial score (nSPS) is 19.8. The van der Waals surface area contributed by atoms with Crippen molar-refractivity contribution < 1.29 is 17.9 Å². The molecule has 0 N–H and O–H groups in total. The summed E-state index contributed by atoms with van der Waals surface area (Å²) in [5.41, 5.74) is 1.46. The Hall–Kier alpha value is -2.09. The van der Waals surface area contributed by atoms with Crippen molar-refractivity contribution in [2.24, 2.45) is 0 Å². The molecule has 5 rings (SSSR count). The Morgan fingerprint density at radius 2 is 1.17 bits per heavy atom. The Kier molecular flexibility index (Phi) is 7.95. The topological polar surface area (TPSA) is 59.1 Å². The first-order valence-electron chi connectivity index (χ1n) is 13.4. The number of nitrogens with zero attached hydrogens (tertiary/aromatic N) is 2. The van der Waals surface area contributed by atoms with Crippen molar-refractivity contribution in [1.29, 1.82) is 0 Å². The van der Waals surface area contributed by atoms with Crippen LogP contribution in [0.15, 0.2) is 46.2 Å². The smallest absolute Gasteiger partial charge is 0.207 e. The van der Waals surface area contributed by atoms with E-state index in [-0.39, 0.29) is 0 Å². The van der Waals surface area contributed by atoms with Crippen molar-refractivity contribution in [3.05, 3.63) is 36.4 Å². The molecule has 190 valence electrons. The van der Waals surface area contributed by atoms with Crippen LogP contribution in [0.5, 0.6) is 11.5 Å².